The Morgan fingerprint density at radius 2 is 1.68 bits per heavy atom. The highest BCUT2D eigenvalue weighted by atomic mass is 35.5. The minimum atomic E-state index is -4.69. The number of hydrogen-bond donors (Lipinski definition) is 0. The lowest BCUT2D eigenvalue weighted by Gasteiger charge is -2.34. The molecule has 2 aromatic rings. The highest BCUT2D eigenvalue weighted by Crippen LogP contribution is 2.36. The van der Waals surface area contributed by atoms with E-state index in [1.807, 2.05) is 0 Å². The van der Waals surface area contributed by atoms with Crippen molar-refractivity contribution < 1.29 is 18.0 Å². The van der Waals surface area contributed by atoms with Crippen LogP contribution in [0.15, 0.2) is 18.2 Å². The predicted molar refractivity (Wildman–Crippen MR) is 101 cm³/mol. The molecule has 0 aliphatic carbocycles. The Bertz CT molecular complexity index is 872. The van der Waals surface area contributed by atoms with Crippen molar-refractivity contribution in [3.05, 3.63) is 50.2 Å². The number of piperazine rings is 1. The third-order valence-electron chi connectivity index (χ3n) is 4.56. The molecule has 0 radical (unpaired) electrons. The first-order valence-corrected chi connectivity index (χ1v) is 9.47. The summed E-state index contributed by atoms with van der Waals surface area (Å²) in [5.41, 5.74) is -0.725. The van der Waals surface area contributed by atoms with Crippen LogP contribution >= 0.6 is 34.8 Å². The van der Waals surface area contributed by atoms with Crippen LogP contribution in [-0.4, -0.2) is 51.7 Å². The first kappa shape index (κ1) is 21.2. The van der Waals surface area contributed by atoms with E-state index in [4.69, 9.17) is 34.8 Å². The fourth-order valence-electron chi connectivity index (χ4n) is 3.11. The summed E-state index contributed by atoms with van der Waals surface area (Å²) in [5, 5.41) is 4.13. The van der Waals surface area contributed by atoms with Crippen molar-refractivity contribution in [3.8, 4) is 0 Å². The van der Waals surface area contributed by atoms with Crippen LogP contribution < -0.4 is 0 Å². The van der Waals surface area contributed by atoms with Crippen molar-refractivity contribution in [1.29, 1.82) is 0 Å². The van der Waals surface area contributed by atoms with Crippen LogP contribution in [0.3, 0.4) is 0 Å². The summed E-state index contributed by atoms with van der Waals surface area (Å²) in [6.07, 6.45) is -4.69. The standard InChI is InChI=1S/C17H16Cl3F3N4O/c1-25-15(17(21,22)23)13(20)14(24-25)16(28)27-7-5-26(6-8-27)9-10-11(18)3-2-4-12(10)19/h2-4H,5-9H2,1H3. The molecule has 152 valence electrons. The molecule has 1 fully saturated rings. The number of nitrogens with zero attached hydrogens (tertiary/aromatic N) is 4. The first-order valence-electron chi connectivity index (χ1n) is 8.33. The average molecular weight is 456 g/mol. The van der Waals surface area contributed by atoms with Crippen LogP contribution in [0.2, 0.25) is 15.1 Å². The highest BCUT2D eigenvalue weighted by molar-refractivity contribution is 6.36. The zero-order valence-electron chi connectivity index (χ0n) is 14.7. The Labute approximate surface area is 174 Å². The molecule has 1 aliphatic heterocycles. The summed E-state index contributed by atoms with van der Waals surface area (Å²) in [7, 11) is 1.11. The molecule has 3 rings (SSSR count). The van der Waals surface area contributed by atoms with E-state index in [0.29, 0.717) is 47.5 Å². The van der Waals surface area contributed by atoms with Crippen molar-refractivity contribution in [2.24, 2.45) is 7.05 Å². The van der Waals surface area contributed by atoms with Gasteiger partial charge in [0.25, 0.3) is 5.91 Å². The Morgan fingerprint density at radius 1 is 1.11 bits per heavy atom. The molecule has 1 saturated heterocycles. The van der Waals surface area contributed by atoms with Gasteiger partial charge in [-0.2, -0.15) is 18.3 Å². The Balaban J connectivity index is 1.68. The average Bonchev–Trinajstić information content (AvgIpc) is 2.92. The van der Waals surface area contributed by atoms with Crippen LogP contribution in [0.5, 0.6) is 0 Å². The molecule has 0 bridgehead atoms. The summed E-state index contributed by atoms with van der Waals surface area (Å²) >= 11 is 18.2. The number of hydrogen-bond acceptors (Lipinski definition) is 3. The molecule has 0 atom stereocenters. The largest absolute Gasteiger partial charge is 0.434 e. The van der Waals surface area contributed by atoms with Crippen LogP contribution in [0.25, 0.3) is 0 Å². The van der Waals surface area contributed by atoms with Gasteiger partial charge >= 0.3 is 6.18 Å². The molecule has 11 heteroatoms. The van der Waals surface area contributed by atoms with Gasteiger partial charge in [0.15, 0.2) is 11.4 Å². The van der Waals surface area contributed by atoms with Crippen molar-refractivity contribution >= 4 is 40.7 Å². The summed E-state index contributed by atoms with van der Waals surface area (Å²) in [6, 6.07) is 5.27. The summed E-state index contributed by atoms with van der Waals surface area (Å²) in [5.74, 6) is -0.619. The van der Waals surface area contributed by atoms with Gasteiger partial charge in [-0.15, -0.1) is 0 Å². The molecule has 1 aliphatic rings. The second-order valence-electron chi connectivity index (χ2n) is 6.40. The van der Waals surface area contributed by atoms with Gasteiger partial charge in [-0.05, 0) is 12.1 Å². The quantitative estimate of drug-likeness (QED) is 0.691. The van der Waals surface area contributed by atoms with Crippen LogP contribution in [0.1, 0.15) is 21.7 Å². The lowest BCUT2D eigenvalue weighted by molar-refractivity contribution is -0.143. The number of rotatable bonds is 3. The molecular formula is C17H16Cl3F3N4O. The van der Waals surface area contributed by atoms with E-state index in [0.717, 1.165) is 12.6 Å². The molecule has 28 heavy (non-hydrogen) atoms. The van der Waals surface area contributed by atoms with Gasteiger partial charge in [-0.3, -0.25) is 14.4 Å². The van der Waals surface area contributed by atoms with Gasteiger partial charge in [0.1, 0.15) is 5.02 Å². The smallest absolute Gasteiger partial charge is 0.335 e. The molecule has 0 N–H and O–H groups in total. The maximum atomic E-state index is 13.1. The summed E-state index contributed by atoms with van der Waals surface area (Å²) < 4.78 is 39.7. The SMILES string of the molecule is Cn1nc(C(=O)N2CCN(Cc3c(Cl)cccc3Cl)CC2)c(Cl)c1C(F)(F)F. The topological polar surface area (TPSA) is 41.4 Å². The molecule has 0 unspecified atom stereocenters. The number of amides is 1. The molecule has 0 spiro atoms. The van der Waals surface area contributed by atoms with E-state index < -0.39 is 22.8 Å². The van der Waals surface area contributed by atoms with E-state index >= 15 is 0 Å². The number of halogens is 6. The van der Waals surface area contributed by atoms with E-state index in [1.165, 1.54) is 4.90 Å². The lowest BCUT2D eigenvalue weighted by atomic mass is 10.2. The monoisotopic (exact) mass is 454 g/mol. The summed E-state index contributed by atoms with van der Waals surface area (Å²) in [6.45, 7) is 2.21. The maximum absolute atomic E-state index is 13.1. The fourth-order valence-corrected chi connectivity index (χ4v) is 3.97. The fraction of sp³-hybridized carbons (Fsp3) is 0.412. The number of aromatic nitrogens is 2. The number of alkyl halides is 3. The van der Waals surface area contributed by atoms with Crippen molar-refractivity contribution in [2.75, 3.05) is 26.2 Å². The van der Waals surface area contributed by atoms with Gasteiger partial charge in [-0.1, -0.05) is 40.9 Å². The summed E-state index contributed by atoms with van der Waals surface area (Å²) in [4.78, 5) is 16.1. The molecular weight excluding hydrogens is 440 g/mol. The minimum absolute atomic E-state index is 0.329. The normalized spacial score (nSPS) is 15.9. The lowest BCUT2D eigenvalue weighted by Crippen LogP contribution is -2.48. The van der Waals surface area contributed by atoms with Crippen LogP contribution in [0.4, 0.5) is 13.2 Å². The zero-order chi connectivity index (χ0) is 20.6. The molecule has 1 aromatic carbocycles. The van der Waals surface area contributed by atoms with Gasteiger partial charge in [-0.25, -0.2) is 0 Å². The molecule has 1 aromatic heterocycles. The third-order valence-corrected chi connectivity index (χ3v) is 5.63. The van der Waals surface area contributed by atoms with E-state index in [1.54, 1.807) is 18.2 Å². The minimum Gasteiger partial charge on any atom is -0.335 e. The van der Waals surface area contributed by atoms with E-state index in [-0.39, 0.29) is 5.69 Å². The maximum Gasteiger partial charge on any atom is 0.434 e. The number of carbonyl (C=O) groups excluding carboxylic acids is 1. The Morgan fingerprint density at radius 3 is 2.18 bits per heavy atom. The number of carbonyl (C=O) groups is 1. The van der Waals surface area contributed by atoms with Gasteiger partial charge in [0, 0.05) is 55.4 Å². The second-order valence-corrected chi connectivity index (χ2v) is 7.59. The Hall–Kier alpha value is -1.48. The van der Waals surface area contributed by atoms with Gasteiger partial charge in [0.05, 0.1) is 0 Å². The zero-order valence-corrected chi connectivity index (χ0v) is 17.0. The number of aryl methyl sites for hydroxylation is 1. The molecule has 5 nitrogen and oxygen atoms in total. The van der Waals surface area contributed by atoms with E-state index in [9.17, 15) is 18.0 Å². The second kappa shape index (κ2) is 8.10. The molecule has 0 saturated carbocycles. The van der Waals surface area contributed by atoms with E-state index in [2.05, 4.69) is 10.00 Å². The van der Waals surface area contributed by atoms with Crippen molar-refractivity contribution in [1.82, 2.24) is 19.6 Å². The van der Waals surface area contributed by atoms with Gasteiger partial charge < -0.3 is 4.90 Å². The molecule has 2 heterocycles. The van der Waals surface area contributed by atoms with Crippen LogP contribution in [0, 0.1) is 0 Å². The predicted octanol–water partition coefficient (Wildman–Crippen LogP) is 4.36. The number of benzene rings is 1. The van der Waals surface area contributed by atoms with Gasteiger partial charge in [0.2, 0.25) is 0 Å². The third kappa shape index (κ3) is 4.25. The highest BCUT2D eigenvalue weighted by Gasteiger charge is 2.40. The molecule has 1 amide bonds. The van der Waals surface area contributed by atoms with Crippen molar-refractivity contribution in [3.63, 3.8) is 0 Å². The van der Waals surface area contributed by atoms with Crippen LogP contribution in [-0.2, 0) is 19.8 Å². The van der Waals surface area contributed by atoms with Crippen molar-refractivity contribution in [2.45, 2.75) is 12.7 Å². The Kier molecular flexibility index (Phi) is 6.14. The first-order chi connectivity index (χ1) is 13.1.